The van der Waals surface area contributed by atoms with E-state index in [1.165, 1.54) is 12.8 Å². The van der Waals surface area contributed by atoms with Crippen LogP contribution in [0.4, 0.5) is 0 Å². The molecule has 88 valence electrons. The fourth-order valence-corrected chi connectivity index (χ4v) is 3.22. The summed E-state index contributed by atoms with van der Waals surface area (Å²) in [5.74, 6) is 0.830. The maximum absolute atomic E-state index is 12.1. The van der Waals surface area contributed by atoms with Gasteiger partial charge in [-0.25, -0.2) is 0 Å². The zero-order chi connectivity index (χ0) is 11.8. The largest absolute Gasteiger partial charge is 0.309 e. The van der Waals surface area contributed by atoms with E-state index in [1.807, 2.05) is 35.2 Å². The molecule has 1 aliphatic heterocycles. The molecule has 2 heteroatoms. The Labute approximate surface area is 102 Å². The Hall–Kier alpha value is -1.57. The van der Waals surface area contributed by atoms with Gasteiger partial charge < -0.3 is 4.90 Å². The van der Waals surface area contributed by atoms with Crippen molar-refractivity contribution in [3.8, 4) is 0 Å². The monoisotopic (exact) mass is 227 g/mol. The second kappa shape index (κ2) is 4.02. The van der Waals surface area contributed by atoms with E-state index in [1.54, 1.807) is 0 Å². The van der Waals surface area contributed by atoms with Crippen LogP contribution in [0.1, 0.15) is 31.2 Å². The lowest BCUT2D eigenvalue weighted by Crippen LogP contribution is -2.31. The fourth-order valence-electron chi connectivity index (χ4n) is 3.22. The molecule has 2 fully saturated rings. The quantitative estimate of drug-likeness (QED) is 0.760. The number of hydrogen-bond acceptors (Lipinski definition) is 1. The van der Waals surface area contributed by atoms with Crippen LogP contribution in [0, 0.1) is 5.92 Å². The maximum Gasteiger partial charge on any atom is 0.227 e. The Morgan fingerprint density at radius 1 is 1.24 bits per heavy atom. The highest BCUT2D eigenvalue weighted by Crippen LogP contribution is 2.41. The predicted octanol–water partition coefficient (Wildman–Crippen LogP) is 3.06. The van der Waals surface area contributed by atoms with Crippen molar-refractivity contribution >= 4 is 11.6 Å². The van der Waals surface area contributed by atoms with E-state index in [2.05, 4.69) is 6.58 Å². The van der Waals surface area contributed by atoms with Crippen LogP contribution in [0.2, 0.25) is 0 Å². The zero-order valence-corrected chi connectivity index (χ0v) is 9.93. The second-order valence-electron chi connectivity index (χ2n) is 5.04. The van der Waals surface area contributed by atoms with Gasteiger partial charge in [-0.1, -0.05) is 43.3 Å². The molecule has 1 heterocycles. The van der Waals surface area contributed by atoms with Gasteiger partial charge in [0.25, 0.3) is 0 Å². The summed E-state index contributed by atoms with van der Waals surface area (Å²) in [6, 6.07) is 10.4. The highest BCUT2D eigenvalue weighted by Gasteiger charge is 2.43. The smallest absolute Gasteiger partial charge is 0.227 e. The summed E-state index contributed by atoms with van der Waals surface area (Å²) in [5, 5.41) is 0. The van der Waals surface area contributed by atoms with Crippen LogP contribution in [0.3, 0.4) is 0 Å². The van der Waals surface area contributed by atoms with Crippen molar-refractivity contribution in [1.82, 2.24) is 4.90 Å². The summed E-state index contributed by atoms with van der Waals surface area (Å²) in [7, 11) is 0. The first-order valence-corrected chi connectivity index (χ1v) is 6.34. The molecule has 1 aliphatic carbocycles. The van der Waals surface area contributed by atoms with Crippen LogP contribution in [0.5, 0.6) is 0 Å². The third-order valence-electron chi connectivity index (χ3n) is 4.05. The standard InChI is InChI=1S/C15H17NO/c1-11(12-6-3-2-4-7-12)16-14-9-5-8-13(14)10-15(16)17/h2-4,6-7,13-14H,1,5,8-10H2. The van der Waals surface area contributed by atoms with E-state index in [9.17, 15) is 4.79 Å². The lowest BCUT2D eigenvalue weighted by molar-refractivity contribution is -0.125. The molecule has 2 aliphatic rings. The van der Waals surface area contributed by atoms with E-state index in [0.717, 1.165) is 24.1 Å². The van der Waals surface area contributed by atoms with Crippen molar-refractivity contribution in [3.05, 3.63) is 42.5 Å². The Morgan fingerprint density at radius 2 is 2.00 bits per heavy atom. The molecule has 1 aromatic rings. The van der Waals surface area contributed by atoms with Gasteiger partial charge in [0.2, 0.25) is 5.91 Å². The number of likely N-dealkylation sites (tertiary alicyclic amines) is 1. The first-order chi connectivity index (χ1) is 8.27. The van der Waals surface area contributed by atoms with Crippen LogP contribution < -0.4 is 0 Å². The third-order valence-corrected chi connectivity index (χ3v) is 4.05. The fraction of sp³-hybridized carbons (Fsp3) is 0.400. The van der Waals surface area contributed by atoms with Crippen molar-refractivity contribution in [2.75, 3.05) is 0 Å². The molecule has 0 radical (unpaired) electrons. The van der Waals surface area contributed by atoms with E-state index in [-0.39, 0.29) is 5.91 Å². The number of amides is 1. The molecule has 2 atom stereocenters. The summed E-state index contributed by atoms with van der Waals surface area (Å²) < 4.78 is 0. The molecule has 3 rings (SSSR count). The molecule has 0 N–H and O–H groups in total. The lowest BCUT2D eigenvalue weighted by atomic mass is 10.0. The van der Waals surface area contributed by atoms with Gasteiger partial charge in [-0.05, 0) is 24.3 Å². The van der Waals surface area contributed by atoms with E-state index in [0.29, 0.717) is 12.0 Å². The minimum absolute atomic E-state index is 0.258. The molecule has 0 bridgehead atoms. The summed E-state index contributed by atoms with van der Waals surface area (Å²) in [6.45, 7) is 4.12. The average molecular weight is 227 g/mol. The molecule has 2 nitrogen and oxygen atoms in total. The average Bonchev–Trinajstić information content (AvgIpc) is 2.89. The Bertz CT molecular complexity index is 451. The molecule has 1 amide bonds. The molecule has 1 saturated heterocycles. The van der Waals surface area contributed by atoms with Crippen molar-refractivity contribution in [2.24, 2.45) is 5.92 Å². The molecule has 17 heavy (non-hydrogen) atoms. The lowest BCUT2D eigenvalue weighted by Gasteiger charge is -2.26. The predicted molar refractivity (Wildman–Crippen MR) is 68.1 cm³/mol. The molecule has 1 aromatic carbocycles. The maximum atomic E-state index is 12.1. The Balaban J connectivity index is 1.89. The van der Waals surface area contributed by atoms with Crippen LogP contribution in [0.15, 0.2) is 36.9 Å². The van der Waals surface area contributed by atoms with Gasteiger partial charge in [0.15, 0.2) is 0 Å². The molecule has 0 spiro atoms. The van der Waals surface area contributed by atoms with E-state index in [4.69, 9.17) is 0 Å². The first-order valence-electron chi connectivity index (χ1n) is 6.34. The topological polar surface area (TPSA) is 20.3 Å². The summed E-state index contributed by atoms with van der Waals surface area (Å²) in [5.41, 5.74) is 1.94. The number of fused-ring (bicyclic) bond motifs is 1. The third kappa shape index (κ3) is 1.68. The molecular formula is C15H17NO. The van der Waals surface area contributed by atoms with Gasteiger partial charge in [0.05, 0.1) is 0 Å². The number of hydrogen-bond donors (Lipinski definition) is 0. The zero-order valence-electron chi connectivity index (χ0n) is 9.93. The minimum Gasteiger partial charge on any atom is -0.309 e. The SMILES string of the molecule is C=C(c1ccccc1)N1C(=O)CC2CCCC21. The van der Waals surface area contributed by atoms with Crippen molar-refractivity contribution in [1.29, 1.82) is 0 Å². The van der Waals surface area contributed by atoms with Gasteiger partial charge >= 0.3 is 0 Å². The number of benzene rings is 1. The summed E-state index contributed by atoms with van der Waals surface area (Å²) >= 11 is 0. The van der Waals surface area contributed by atoms with E-state index >= 15 is 0 Å². The Kier molecular flexibility index (Phi) is 2.50. The van der Waals surface area contributed by atoms with Crippen molar-refractivity contribution < 1.29 is 4.79 Å². The van der Waals surface area contributed by atoms with Crippen LogP contribution >= 0.6 is 0 Å². The molecular weight excluding hydrogens is 210 g/mol. The van der Waals surface area contributed by atoms with Gasteiger partial charge in [0.1, 0.15) is 0 Å². The molecule has 1 saturated carbocycles. The van der Waals surface area contributed by atoms with Gasteiger partial charge in [-0.15, -0.1) is 0 Å². The Morgan fingerprint density at radius 3 is 2.76 bits per heavy atom. The molecule has 2 unspecified atom stereocenters. The van der Waals surface area contributed by atoms with Gasteiger partial charge in [0, 0.05) is 18.2 Å². The summed E-state index contributed by atoms with van der Waals surface area (Å²) in [4.78, 5) is 14.0. The van der Waals surface area contributed by atoms with Crippen LogP contribution in [-0.2, 0) is 4.79 Å². The first kappa shape index (κ1) is 10.6. The number of rotatable bonds is 2. The number of carbonyl (C=O) groups is 1. The second-order valence-corrected chi connectivity index (χ2v) is 5.04. The van der Waals surface area contributed by atoms with Crippen LogP contribution in [-0.4, -0.2) is 16.8 Å². The number of nitrogens with zero attached hydrogens (tertiary/aromatic N) is 1. The van der Waals surface area contributed by atoms with Crippen molar-refractivity contribution in [3.63, 3.8) is 0 Å². The highest BCUT2D eigenvalue weighted by molar-refractivity contribution is 5.89. The number of carbonyl (C=O) groups excluding carboxylic acids is 1. The minimum atomic E-state index is 0.258. The summed E-state index contributed by atoms with van der Waals surface area (Å²) in [6.07, 6.45) is 4.31. The molecule has 0 aromatic heterocycles. The highest BCUT2D eigenvalue weighted by atomic mass is 16.2. The van der Waals surface area contributed by atoms with Gasteiger partial charge in [-0.3, -0.25) is 4.79 Å². The van der Waals surface area contributed by atoms with Crippen molar-refractivity contribution in [2.45, 2.75) is 31.7 Å². The van der Waals surface area contributed by atoms with Gasteiger partial charge in [-0.2, -0.15) is 0 Å². The van der Waals surface area contributed by atoms with Crippen LogP contribution in [0.25, 0.3) is 5.70 Å². The van der Waals surface area contributed by atoms with E-state index < -0.39 is 0 Å². The normalized spacial score (nSPS) is 27.3.